The lowest BCUT2D eigenvalue weighted by molar-refractivity contribution is -0.137. The third-order valence-corrected chi connectivity index (χ3v) is 2.65. The first-order valence-electron chi connectivity index (χ1n) is 5.72. The highest BCUT2D eigenvalue weighted by Crippen LogP contribution is 2.15. The molecule has 0 fully saturated rings. The number of aliphatic hydroxyl groups is 1. The summed E-state index contributed by atoms with van der Waals surface area (Å²) in [6.07, 6.45) is 1.17. The zero-order valence-corrected chi connectivity index (χ0v) is 9.76. The maximum atomic E-state index is 10.4. The van der Waals surface area contributed by atoms with Crippen molar-refractivity contribution < 1.29 is 15.0 Å². The Hall–Kier alpha value is -2.08. The van der Waals surface area contributed by atoms with Crippen molar-refractivity contribution >= 4 is 22.7 Å². The minimum absolute atomic E-state index is 0.0254. The van der Waals surface area contributed by atoms with Crippen LogP contribution in [0.25, 0.3) is 11.0 Å². The van der Waals surface area contributed by atoms with Crippen LogP contribution in [0.5, 0.6) is 0 Å². The van der Waals surface area contributed by atoms with Crippen molar-refractivity contribution in [2.24, 2.45) is 0 Å². The van der Waals surface area contributed by atoms with Crippen molar-refractivity contribution in [3.8, 4) is 0 Å². The molecule has 1 atom stereocenters. The third-order valence-electron chi connectivity index (χ3n) is 2.65. The zero-order valence-electron chi connectivity index (χ0n) is 9.76. The van der Waals surface area contributed by atoms with Crippen molar-refractivity contribution in [3.63, 3.8) is 0 Å². The number of H-pyrrole nitrogens is 1. The lowest BCUT2D eigenvalue weighted by Gasteiger charge is -2.11. The molecule has 2 rings (SSSR count). The van der Waals surface area contributed by atoms with Gasteiger partial charge in [0.25, 0.3) is 0 Å². The van der Waals surface area contributed by atoms with Crippen LogP contribution in [0.2, 0.25) is 0 Å². The number of carbonyl (C=O) groups is 1. The number of carboxylic acids is 1. The number of fused-ring (bicyclic) bond motifs is 1. The van der Waals surface area contributed by atoms with E-state index in [-0.39, 0.29) is 12.8 Å². The molecule has 18 heavy (non-hydrogen) atoms. The molecule has 96 valence electrons. The summed E-state index contributed by atoms with van der Waals surface area (Å²) < 4.78 is 0. The number of rotatable bonds is 6. The fourth-order valence-electron chi connectivity index (χ4n) is 1.67. The van der Waals surface area contributed by atoms with E-state index in [1.807, 2.05) is 18.2 Å². The quantitative estimate of drug-likeness (QED) is 0.616. The highest BCUT2D eigenvalue weighted by Gasteiger charge is 2.07. The Kier molecular flexibility index (Phi) is 3.78. The van der Waals surface area contributed by atoms with Gasteiger partial charge in [0.05, 0.1) is 23.5 Å². The molecule has 1 aromatic carbocycles. The van der Waals surface area contributed by atoms with Gasteiger partial charge in [0.15, 0.2) is 0 Å². The number of carboxylic acid groups (broad SMARTS) is 1. The Balaban J connectivity index is 1.87. The van der Waals surface area contributed by atoms with Gasteiger partial charge in [-0.2, -0.15) is 0 Å². The molecule has 0 aliphatic rings. The van der Waals surface area contributed by atoms with E-state index in [0.29, 0.717) is 6.54 Å². The van der Waals surface area contributed by atoms with Crippen LogP contribution in [0.4, 0.5) is 5.69 Å². The van der Waals surface area contributed by atoms with Gasteiger partial charge in [0.2, 0.25) is 0 Å². The summed E-state index contributed by atoms with van der Waals surface area (Å²) in [5.74, 6) is -0.895. The second-order valence-corrected chi connectivity index (χ2v) is 4.10. The molecule has 1 unspecified atom stereocenters. The van der Waals surface area contributed by atoms with Crippen LogP contribution in [0, 0.1) is 0 Å². The number of anilines is 1. The zero-order chi connectivity index (χ0) is 13.0. The molecule has 1 heterocycles. The van der Waals surface area contributed by atoms with E-state index in [2.05, 4.69) is 15.3 Å². The molecule has 0 spiro atoms. The van der Waals surface area contributed by atoms with Gasteiger partial charge in [-0.1, -0.05) is 0 Å². The number of aromatic amines is 1. The molecule has 0 aliphatic heterocycles. The summed E-state index contributed by atoms with van der Waals surface area (Å²) >= 11 is 0. The standard InChI is InChI=1S/C12H15N3O3/c16-9(2-4-12(17)18)6-13-8-1-3-10-11(5-8)15-7-14-10/h1,3,5,7,9,13,16H,2,4,6H2,(H,14,15)(H,17,18). The van der Waals surface area contributed by atoms with Crippen molar-refractivity contribution in [1.82, 2.24) is 9.97 Å². The number of aliphatic carboxylic acids is 1. The fourth-order valence-corrected chi connectivity index (χ4v) is 1.67. The van der Waals surface area contributed by atoms with Crippen LogP contribution >= 0.6 is 0 Å². The molecule has 6 nitrogen and oxygen atoms in total. The summed E-state index contributed by atoms with van der Waals surface area (Å²) in [4.78, 5) is 17.5. The average molecular weight is 249 g/mol. The third kappa shape index (κ3) is 3.21. The number of imidazole rings is 1. The largest absolute Gasteiger partial charge is 0.481 e. The Morgan fingerprint density at radius 1 is 1.50 bits per heavy atom. The van der Waals surface area contributed by atoms with Gasteiger partial charge in [-0.05, 0) is 24.6 Å². The molecule has 0 amide bonds. The van der Waals surface area contributed by atoms with Crippen molar-refractivity contribution in [2.75, 3.05) is 11.9 Å². The molecule has 0 aliphatic carbocycles. The van der Waals surface area contributed by atoms with Crippen molar-refractivity contribution in [3.05, 3.63) is 24.5 Å². The smallest absolute Gasteiger partial charge is 0.303 e. The van der Waals surface area contributed by atoms with Gasteiger partial charge >= 0.3 is 5.97 Å². The summed E-state index contributed by atoms with van der Waals surface area (Å²) in [7, 11) is 0. The SMILES string of the molecule is O=C(O)CCC(O)CNc1ccc2nc[nH]c2c1. The van der Waals surface area contributed by atoms with Crippen LogP contribution in [-0.2, 0) is 4.79 Å². The normalized spacial score (nSPS) is 12.5. The van der Waals surface area contributed by atoms with Crippen LogP contribution in [0.1, 0.15) is 12.8 Å². The Bertz CT molecular complexity index is 538. The van der Waals surface area contributed by atoms with Crippen LogP contribution in [0.3, 0.4) is 0 Å². The molecule has 6 heteroatoms. The van der Waals surface area contributed by atoms with Gasteiger partial charge in [-0.15, -0.1) is 0 Å². The monoisotopic (exact) mass is 249 g/mol. The number of aliphatic hydroxyl groups excluding tert-OH is 1. The predicted molar refractivity (Wildman–Crippen MR) is 67.5 cm³/mol. The molecule has 2 aromatic rings. The van der Waals surface area contributed by atoms with Gasteiger partial charge in [0, 0.05) is 18.7 Å². The molecule has 1 aromatic heterocycles. The molecule has 0 saturated heterocycles. The van der Waals surface area contributed by atoms with Crippen LogP contribution < -0.4 is 5.32 Å². The highest BCUT2D eigenvalue weighted by atomic mass is 16.4. The number of aromatic nitrogens is 2. The lowest BCUT2D eigenvalue weighted by atomic mass is 10.2. The van der Waals surface area contributed by atoms with Gasteiger partial charge in [-0.3, -0.25) is 4.79 Å². The van der Waals surface area contributed by atoms with Crippen molar-refractivity contribution in [1.29, 1.82) is 0 Å². The maximum Gasteiger partial charge on any atom is 0.303 e. The van der Waals surface area contributed by atoms with E-state index in [4.69, 9.17) is 5.11 Å². The minimum atomic E-state index is -0.895. The first kappa shape index (κ1) is 12.4. The second kappa shape index (κ2) is 5.50. The number of benzene rings is 1. The number of hydrogen-bond acceptors (Lipinski definition) is 4. The summed E-state index contributed by atoms with van der Waals surface area (Å²) in [5.41, 5.74) is 2.66. The molecule has 0 radical (unpaired) electrons. The van der Waals surface area contributed by atoms with Crippen LogP contribution in [-0.4, -0.2) is 38.8 Å². The number of nitrogens with zero attached hydrogens (tertiary/aromatic N) is 1. The summed E-state index contributed by atoms with van der Waals surface area (Å²) in [6, 6.07) is 5.64. The topological polar surface area (TPSA) is 98.2 Å². The maximum absolute atomic E-state index is 10.4. The van der Waals surface area contributed by atoms with E-state index >= 15 is 0 Å². The first-order chi connectivity index (χ1) is 8.65. The first-order valence-corrected chi connectivity index (χ1v) is 5.72. The van der Waals surface area contributed by atoms with E-state index in [0.717, 1.165) is 16.7 Å². The fraction of sp³-hybridized carbons (Fsp3) is 0.333. The highest BCUT2D eigenvalue weighted by molar-refractivity contribution is 5.78. The molecule has 0 bridgehead atoms. The molecule has 4 N–H and O–H groups in total. The number of hydrogen-bond donors (Lipinski definition) is 4. The Morgan fingerprint density at radius 3 is 3.11 bits per heavy atom. The average Bonchev–Trinajstić information content (AvgIpc) is 2.81. The molecular weight excluding hydrogens is 234 g/mol. The minimum Gasteiger partial charge on any atom is -0.481 e. The summed E-state index contributed by atoms with van der Waals surface area (Å²) in [5, 5.41) is 21.1. The lowest BCUT2D eigenvalue weighted by Crippen LogP contribution is -2.20. The van der Waals surface area contributed by atoms with Gasteiger partial charge < -0.3 is 20.5 Å². The van der Waals surface area contributed by atoms with E-state index in [1.54, 1.807) is 6.33 Å². The van der Waals surface area contributed by atoms with Gasteiger partial charge in [-0.25, -0.2) is 4.98 Å². The van der Waals surface area contributed by atoms with Gasteiger partial charge in [0.1, 0.15) is 0 Å². The van der Waals surface area contributed by atoms with E-state index in [9.17, 15) is 9.90 Å². The molecular formula is C12H15N3O3. The van der Waals surface area contributed by atoms with E-state index in [1.165, 1.54) is 0 Å². The Labute approximate surface area is 104 Å². The van der Waals surface area contributed by atoms with Crippen molar-refractivity contribution in [2.45, 2.75) is 18.9 Å². The van der Waals surface area contributed by atoms with E-state index < -0.39 is 12.1 Å². The number of nitrogens with one attached hydrogen (secondary N) is 2. The molecule has 0 saturated carbocycles. The van der Waals surface area contributed by atoms with Crippen LogP contribution in [0.15, 0.2) is 24.5 Å². The Morgan fingerprint density at radius 2 is 2.33 bits per heavy atom. The summed E-state index contributed by atoms with van der Waals surface area (Å²) in [6.45, 7) is 0.326. The predicted octanol–water partition coefficient (Wildman–Crippen LogP) is 1.20. The second-order valence-electron chi connectivity index (χ2n) is 4.10.